The van der Waals surface area contributed by atoms with Gasteiger partial charge in [0, 0.05) is 13.1 Å². The lowest BCUT2D eigenvalue weighted by molar-refractivity contribution is -0.113. The maximum absolute atomic E-state index is 12.3. The van der Waals surface area contributed by atoms with Crippen molar-refractivity contribution in [1.29, 1.82) is 0 Å². The number of nitrogens with zero attached hydrogens (tertiary/aromatic N) is 3. The molecule has 1 amide bonds. The van der Waals surface area contributed by atoms with Gasteiger partial charge in [0.05, 0.1) is 31.9 Å². The first-order chi connectivity index (χ1) is 12.6. The molecule has 0 spiro atoms. The highest BCUT2D eigenvalue weighted by Crippen LogP contribution is 2.29. The monoisotopic (exact) mass is 374 g/mol. The summed E-state index contributed by atoms with van der Waals surface area (Å²) in [4.78, 5) is 12.3. The Bertz CT molecular complexity index is 892. The highest BCUT2D eigenvalue weighted by Gasteiger charge is 2.15. The summed E-state index contributed by atoms with van der Waals surface area (Å²) in [6.07, 6.45) is 1.58. The summed E-state index contributed by atoms with van der Waals surface area (Å²) in [5.74, 6) is 2.40. The summed E-state index contributed by atoms with van der Waals surface area (Å²) in [5.41, 5.74) is 0.548. The number of furan rings is 1. The maximum Gasteiger partial charge on any atom is 0.234 e. The number of rotatable bonds is 7. The van der Waals surface area contributed by atoms with E-state index in [1.54, 1.807) is 55.4 Å². The number of methoxy groups -OCH3 is 2. The number of anilines is 1. The third-order valence-corrected chi connectivity index (χ3v) is 4.61. The van der Waals surface area contributed by atoms with Gasteiger partial charge in [-0.25, -0.2) is 0 Å². The summed E-state index contributed by atoms with van der Waals surface area (Å²) in [6.45, 7) is 0. The van der Waals surface area contributed by atoms with E-state index in [1.807, 2.05) is 7.05 Å². The van der Waals surface area contributed by atoms with Gasteiger partial charge in [0.1, 0.15) is 11.5 Å². The smallest absolute Gasteiger partial charge is 0.234 e. The second kappa shape index (κ2) is 7.96. The molecule has 8 nitrogen and oxygen atoms in total. The Kier molecular flexibility index (Phi) is 5.47. The fraction of sp³-hybridized carbons (Fsp3) is 0.235. The molecule has 0 bridgehead atoms. The molecule has 1 aromatic carbocycles. The van der Waals surface area contributed by atoms with Crippen LogP contribution in [0.4, 0.5) is 5.69 Å². The quantitative estimate of drug-likeness (QED) is 0.636. The number of thioether (sulfide) groups is 1. The SMILES string of the molecule is COc1ccc(OC)c(NC(=O)CSc2nnc(-c3ccco3)n2C)c1. The normalized spacial score (nSPS) is 10.6. The van der Waals surface area contributed by atoms with E-state index in [-0.39, 0.29) is 11.7 Å². The van der Waals surface area contributed by atoms with Crippen LogP contribution in [0.15, 0.2) is 46.2 Å². The number of aromatic nitrogens is 3. The minimum atomic E-state index is -0.191. The van der Waals surface area contributed by atoms with Crippen molar-refractivity contribution in [2.24, 2.45) is 7.05 Å². The first-order valence-electron chi connectivity index (χ1n) is 7.70. The molecule has 0 saturated carbocycles. The summed E-state index contributed by atoms with van der Waals surface area (Å²) >= 11 is 1.28. The van der Waals surface area contributed by atoms with Crippen LogP contribution in [0.2, 0.25) is 0 Å². The van der Waals surface area contributed by atoms with E-state index in [2.05, 4.69) is 15.5 Å². The van der Waals surface area contributed by atoms with Gasteiger partial charge < -0.3 is 23.8 Å². The topological polar surface area (TPSA) is 91.4 Å². The molecule has 0 radical (unpaired) electrons. The summed E-state index contributed by atoms with van der Waals surface area (Å²) in [7, 11) is 4.93. The zero-order chi connectivity index (χ0) is 18.5. The number of nitrogens with one attached hydrogen (secondary N) is 1. The van der Waals surface area contributed by atoms with Gasteiger partial charge in [-0.05, 0) is 24.3 Å². The number of hydrogen-bond acceptors (Lipinski definition) is 7. The van der Waals surface area contributed by atoms with E-state index >= 15 is 0 Å². The minimum absolute atomic E-state index is 0.171. The summed E-state index contributed by atoms with van der Waals surface area (Å²) < 4.78 is 17.5. The summed E-state index contributed by atoms with van der Waals surface area (Å²) in [6, 6.07) is 8.80. The van der Waals surface area contributed by atoms with Crippen LogP contribution in [0.1, 0.15) is 0 Å². The average molecular weight is 374 g/mol. The van der Waals surface area contributed by atoms with Gasteiger partial charge in [-0.2, -0.15) is 0 Å². The van der Waals surface area contributed by atoms with Gasteiger partial charge in [0.25, 0.3) is 0 Å². The molecule has 0 aliphatic heterocycles. The fourth-order valence-electron chi connectivity index (χ4n) is 2.29. The molecule has 2 aromatic heterocycles. The van der Waals surface area contributed by atoms with Gasteiger partial charge in [-0.3, -0.25) is 4.79 Å². The van der Waals surface area contributed by atoms with Crippen LogP contribution in [-0.2, 0) is 11.8 Å². The lowest BCUT2D eigenvalue weighted by Gasteiger charge is -2.11. The van der Waals surface area contributed by atoms with Crippen LogP contribution < -0.4 is 14.8 Å². The second-order valence-electron chi connectivity index (χ2n) is 5.25. The Labute approximate surface area is 154 Å². The van der Waals surface area contributed by atoms with Crippen LogP contribution in [0, 0.1) is 0 Å². The number of benzene rings is 1. The van der Waals surface area contributed by atoms with Crippen molar-refractivity contribution >= 4 is 23.4 Å². The molecule has 136 valence electrons. The van der Waals surface area contributed by atoms with Crippen molar-refractivity contribution in [2.75, 3.05) is 25.3 Å². The van der Waals surface area contributed by atoms with E-state index in [0.717, 1.165) is 0 Å². The Balaban J connectivity index is 1.65. The molecule has 26 heavy (non-hydrogen) atoms. The molecule has 9 heteroatoms. The number of carbonyl (C=O) groups excluding carboxylic acids is 1. The average Bonchev–Trinajstić information content (AvgIpc) is 3.29. The largest absolute Gasteiger partial charge is 0.497 e. The van der Waals surface area contributed by atoms with E-state index < -0.39 is 0 Å². The van der Waals surface area contributed by atoms with Crippen molar-refractivity contribution < 1.29 is 18.7 Å². The van der Waals surface area contributed by atoms with Crippen molar-refractivity contribution in [2.45, 2.75) is 5.16 Å². The van der Waals surface area contributed by atoms with Gasteiger partial charge in [-0.15, -0.1) is 10.2 Å². The number of carbonyl (C=O) groups is 1. The standard InChI is InChI=1S/C17H18N4O4S/c1-21-16(14-5-4-8-25-14)19-20-17(21)26-10-15(22)18-12-9-11(23-2)6-7-13(12)24-3/h4-9H,10H2,1-3H3,(H,18,22). The van der Waals surface area contributed by atoms with Crippen molar-refractivity contribution in [3.05, 3.63) is 36.6 Å². The van der Waals surface area contributed by atoms with Crippen LogP contribution in [0.25, 0.3) is 11.6 Å². The van der Waals surface area contributed by atoms with E-state index in [4.69, 9.17) is 13.9 Å². The Morgan fingerprint density at radius 1 is 1.27 bits per heavy atom. The van der Waals surface area contributed by atoms with Gasteiger partial charge >= 0.3 is 0 Å². The molecule has 1 N–H and O–H groups in total. The highest BCUT2D eigenvalue weighted by atomic mass is 32.2. The predicted octanol–water partition coefficient (Wildman–Crippen LogP) is 2.82. The van der Waals surface area contributed by atoms with Gasteiger partial charge in [-0.1, -0.05) is 11.8 Å². The Morgan fingerprint density at radius 2 is 2.12 bits per heavy atom. The van der Waals surface area contributed by atoms with Crippen molar-refractivity contribution in [1.82, 2.24) is 14.8 Å². The van der Waals surface area contributed by atoms with E-state index in [9.17, 15) is 4.79 Å². The minimum Gasteiger partial charge on any atom is -0.497 e. The molecular weight excluding hydrogens is 356 g/mol. The molecule has 3 rings (SSSR count). The third kappa shape index (κ3) is 3.83. The molecule has 0 unspecified atom stereocenters. The van der Waals surface area contributed by atoms with Crippen LogP contribution in [0.3, 0.4) is 0 Å². The highest BCUT2D eigenvalue weighted by molar-refractivity contribution is 7.99. The Hall–Kier alpha value is -2.94. The van der Waals surface area contributed by atoms with Gasteiger partial charge in [0.15, 0.2) is 16.7 Å². The first-order valence-corrected chi connectivity index (χ1v) is 8.69. The van der Waals surface area contributed by atoms with Crippen molar-refractivity contribution in [3.63, 3.8) is 0 Å². The zero-order valence-corrected chi connectivity index (χ0v) is 15.4. The van der Waals surface area contributed by atoms with E-state index in [0.29, 0.717) is 33.9 Å². The maximum atomic E-state index is 12.3. The zero-order valence-electron chi connectivity index (χ0n) is 14.6. The van der Waals surface area contributed by atoms with Crippen LogP contribution in [0.5, 0.6) is 11.5 Å². The molecule has 0 aliphatic carbocycles. The lowest BCUT2D eigenvalue weighted by Crippen LogP contribution is -2.15. The lowest BCUT2D eigenvalue weighted by atomic mass is 10.2. The molecule has 0 saturated heterocycles. The first kappa shape index (κ1) is 17.9. The fourth-order valence-corrected chi connectivity index (χ4v) is 3.00. The molecule has 0 atom stereocenters. The molecule has 0 fully saturated rings. The molecular formula is C17H18N4O4S. The van der Waals surface area contributed by atoms with Crippen LogP contribution in [-0.4, -0.2) is 40.6 Å². The second-order valence-corrected chi connectivity index (χ2v) is 6.19. The van der Waals surface area contributed by atoms with Crippen LogP contribution >= 0.6 is 11.8 Å². The summed E-state index contributed by atoms with van der Waals surface area (Å²) in [5, 5.41) is 11.6. The van der Waals surface area contributed by atoms with Crippen molar-refractivity contribution in [3.8, 4) is 23.1 Å². The Morgan fingerprint density at radius 3 is 2.81 bits per heavy atom. The van der Waals surface area contributed by atoms with Gasteiger partial charge in [0.2, 0.25) is 5.91 Å². The van der Waals surface area contributed by atoms with E-state index in [1.165, 1.54) is 11.8 Å². The predicted molar refractivity (Wildman–Crippen MR) is 97.6 cm³/mol. The molecule has 3 aromatic rings. The molecule has 2 heterocycles. The number of ether oxygens (including phenoxy) is 2. The number of hydrogen-bond donors (Lipinski definition) is 1. The number of amides is 1. The third-order valence-electron chi connectivity index (χ3n) is 3.59. The molecule has 0 aliphatic rings.